The molecule has 0 aliphatic heterocycles. The van der Waals surface area contributed by atoms with Crippen LogP contribution >= 0.6 is 0 Å². The highest BCUT2D eigenvalue weighted by molar-refractivity contribution is 5.06. The lowest BCUT2D eigenvalue weighted by Crippen LogP contribution is -2.06. The Bertz CT molecular complexity index is 113. The van der Waals surface area contributed by atoms with Crippen molar-refractivity contribution in [3.63, 3.8) is 0 Å². The third-order valence-corrected chi connectivity index (χ3v) is 2.37. The predicted octanol–water partition coefficient (Wildman–Crippen LogP) is 0.725. The van der Waals surface area contributed by atoms with Gasteiger partial charge in [0, 0.05) is 5.92 Å². The topological polar surface area (TPSA) is 20.2 Å². The Balaban J connectivity index is 2.07. The summed E-state index contributed by atoms with van der Waals surface area (Å²) in [6, 6.07) is 0. The van der Waals surface area contributed by atoms with E-state index in [9.17, 15) is 4.39 Å². The van der Waals surface area contributed by atoms with E-state index in [1.54, 1.807) is 0 Å². The number of hydrogen-bond acceptors (Lipinski definition) is 1. The van der Waals surface area contributed by atoms with Gasteiger partial charge < -0.3 is 5.11 Å². The Labute approximate surface area is 47.5 Å². The van der Waals surface area contributed by atoms with Gasteiger partial charge in [-0.25, -0.2) is 4.39 Å². The first-order valence-electron chi connectivity index (χ1n) is 3.13. The Morgan fingerprint density at radius 3 is 2.38 bits per heavy atom. The van der Waals surface area contributed by atoms with Crippen LogP contribution in [0.15, 0.2) is 0 Å². The van der Waals surface area contributed by atoms with E-state index >= 15 is 0 Å². The molecule has 2 fully saturated rings. The summed E-state index contributed by atoms with van der Waals surface area (Å²) in [5, 5.41) is 8.97. The first kappa shape index (κ1) is 4.74. The van der Waals surface area contributed by atoms with Crippen LogP contribution in [0.4, 0.5) is 4.39 Å². The van der Waals surface area contributed by atoms with Crippen LogP contribution in [0.3, 0.4) is 0 Å². The number of alkyl halides is 1. The molecule has 2 saturated carbocycles. The molecule has 2 unspecified atom stereocenters. The summed E-state index contributed by atoms with van der Waals surface area (Å²) < 4.78 is 12.3. The second-order valence-electron chi connectivity index (χ2n) is 2.83. The molecule has 0 amide bonds. The lowest BCUT2D eigenvalue weighted by molar-refractivity contribution is 0.143. The minimum Gasteiger partial charge on any atom is -0.393 e. The number of hydrogen-bond donors (Lipinski definition) is 1. The predicted molar refractivity (Wildman–Crippen MR) is 27.1 cm³/mol. The Morgan fingerprint density at radius 2 is 2.12 bits per heavy atom. The average Bonchev–Trinajstić information content (AvgIpc) is 2.13. The van der Waals surface area contributed by atoms with E-state index in [2.05, 4.69) is 0 Å². The van der Waals surface area contributed by atoms with Crippen molar-refractivity contribution in [1.82, 2.24) is 0 Å². The van der Waals surface area contributed by atoms with E-state index in [4.69, 9.17) is 5.11 Å². The summed E-state index contributed by atoms with van der Waals surface area (Å²) in [6.45, 7) is 0. The van der Waals surface area contributed by atoms with Crippen LogP contribution < -0.4 is 0 Å². The molecule has 0 heterocycles. The highest BCUT2D eigenvalue weighted by Crippen LogP contribution is 2.53. The van der Waals surface area contributed by atoms with E-state index in [-0.39, 0.29) is 17.9 Å². The molecule has 0 aromatic carbocycles. The SMILES string of the molecule is O[C@H]1CCC2C1[C@H]2F. The molecule has 1 N–H and O–H groups in total. The van der Waals surface area contributed by atoms with E-state index in [0.29, 0.717) is 0 Å². The first-order chi connectivity index (χ1) is 3.80. The fourth-order valence-electron chi connectivity index (χ4n) is 1.76. The number of halogens is 1. The molecule has 2 aliphatic carbocycles. The summed E-state index contributed by atoms with van der Waals surface area (Å²) in [4.78, 5) is 0. The van der Waals surface area contributed by atoms with Gasteiger partial charge in [-0.15, -0.1) is 0 Å². The Hall–Kier alpha value is -0.110. The largest absolute Gasteiger partial charge is 0.393 e. The van der Waals surface area contributed by atoms with Crippen molar-refractivity contribution in [1.29, 1.82) is 0 Å². The van der Waals surface area contributed by atoms with Crippen LogP contribution in [0.25, 0.3) is 0 Å². The normalized spacial score (nSPS) is 60.8. The zero-order chi connectivity index (χ0) is 5.72. The van der Waals surface area contributed by atoms with E-state index in [1.165, 1.54) is 0 Å². The lowest BCUT2D eigenvalue weighted by atomic mass is 10.2. The smallest absolute Gasteiger partial charge is 0.109 e. The third-order valence-electron chi connectivity index (χ3n) is 2.37. The Kier molecular flexibility index (Phi) is 0.734. The van der Waals surface area contributed by atoms with Crippen LogP contribution in [0.1, 0.15) is 12.8 Å². The summed E-state index contributed by atoms with van der Waals surface area (Å²) in [6.07, 6.45) is 0.775. The molecule has 0 saturated heterocycles. The van der Waals surface area contributed by atoms with Crippen LogP contribution in [-0.2, 0) is 0 Å². The standard InChI is InChI=1S/C6H9FO/c7-6-3-1-2-4(8)5(3)6/h3-6,8H,1-2H2/t3?,4-,5?,6-/m0/s1. The van der Waals surface area contributed by atoms with Crippen LogP contribution in [0.2, 0.25) is 0 Å². The molecular weight excluding hydrogens is 107 g/mol. The summed E-state index contributed by atoms with van der Waals surface area (Å²) in [5.41, 5.74) is 0. The van der Waals surface area contributed by atoms with Crippen molar-refractivity contribution in [2.24, 2.45) is 11.8 Å². The number of aliphatic hydroxyl groups is 1. The molecule has 2 rings (SSSR count). The van der Waals surface area contributed by atoms with Gasteiger partial charge in [0.15, 0.2) is 0 Å². The zero-order valence-corrected chi connectivity index (χ0v) is 4.55. The minimum atomic E-state index is -0.654. The average molecular weight is 116 g/mol. The van der Waals surface area contributed by atoms with Gasteiger partial charge in [-0.05, 0) is 18.8 Å². The molecule has 0 aromatic heterocycles. The quantitative estimate of drug-likeness (QED) is 0.494. The monoisotopic (exact) mass is 116 g/mol. The molecule has 4 atom stereocenters. The molecule has 0 radical (unpaired) electrons. The van der Waals surface area contributed by atoms with Crippen LogP contribution in [-0.4, -0.2) is 17.4 Å². The first-order valence-corrected chi connectivity index (χ1v) is 3.13. The molecular formula is C6H9FO. The summed E-state index contributed by atoms with van der Waals surface area (Å²) in [7, 11) is 0. The van der Waals surface area contributed by atoms with Crippen LogP contribution in [0.5, 0.6) is 0 Å². The van der Waals surface area contributed by atoms with Gasteiger partial charge in [-0.3, -0.25) is 0 Å². The molecule has 0 aromatic rings. The minimum absolute atomic E-state index is 0.0370. The van der Waals surface area contributed by atoms with Crippen molar-refractivity contribution < 1.29 is 9.50 Å². The highest BCUT2D eigenvalue weighted by atomic mass is 19.1. The number of rotatable bonds is 0. The molecule has 8 heavy (non-hydrogen) atoms. The molecule has 0 spiro atoms. The molecule has 1 nitrogen and oxygen atoms in total. The maximum absolute atomic E-state index is 12.3. The number of aliphatic hydroxyl groups excluding tert-OH is 1. The molecule has 2 aliphatic rings. The third kappa shape index (κ3) is 0.395. The van der Waals surface area contributed by atoms with Gasteiger partial charge >= 0.3 is 0 Å². The second-order valence-corrected chi connectivity index (χ2v) is 2.83. The van der Waals surface area contributed by atoms with Gasteiger partial charge in [-0.2, -0.15) is 0 Å². The lowest BCUT2D eigenvalue weighted by Gasteiger charge is -2.00. The van der Waals surface area contributed by atoms with Gasteiger partial charge in [0.1, 0.15) is 6.17 Å². The van der Waals surface area contributed by atoms with E-state index < -0.39 is 6.17 Å². The molecule has 0 bridgehead atoms. The Morgan fingerprint density at radius 1 is 1.38 bits per heavy atom. The fraction of sp³-hybridized carbons (Fsp3) is 1.00. The maximum Gasteiger partial charge on any atom is 0.109 e. The van der Waals surface area contributed by atoms with Gasteiger partial charge in [-0.1, -0.05) is 0 Å². The van der Waals surface area contributed by atoms with Crippen LogP contribution in [0, 0.1) is 11.8 Å². The highest BCUT2D eigenvalue weighted by Gasteiger charge is 2.58. The summed E-state index contributed by atoms with van der Waals surface area (Å²) in [5.74, 6) is 0.278. The van der Waals surface area contributed by atoms with Crippen molar-refractivity contribution >= 4 is 0 Å². The van der Waals surface area contributed by atoms with E-state index in [1.807, 2.05) is 0 Å². The molecule has 46 valence electrons. The van der Waals surface area contributed by atoms with Gasteiger partial charge in [0.2, 0.25) is 0 Å². The van der Waals surface area contributed by atoms with Crippen molar-refractivity contribution in [3.8, 4) is 0 Å². The van der Waals surface area contributed by atoms with Gasteiger partial charge in [0.25, 0.3) is 0 Å². The maximum atomic E-state index is 12.3. The zero-order valence-electron chi connectivity index (χ0n) is 4.55. The number of fused-ring (bicyclic) bond motifs is 1. The fourth-order valence-corrected chi connectivity index (χ4v) is 1.76. The van der Waals surface area contributed by atoms with Crippen molar-refractivity contribution in [2.75, 3.05) is 0 Å². The molecule has 2 heteroatoms. The summed E-state index contributed by atoms with van der Waals surface area (Å²) >= 11 is 0. The van der Waals surface area contributed by atoms with Crippen molar-refractivity contribution in [3.05, 3.63) is 0 Å². The van der Waals surface area contributed by atoms with E-state index in [0.717, 1.165) is 12.8 Å². The second kappa shape index (κ2) is 1.24. The van der Waals surface area contributed by atoms with Crippen molar-refractivity contribution in [2.45, 2.75) is 25.1 Å². The van der Waals surface area contributed by atoms with Gasteiger partial charge in [0.05, 0.1) is 6.10 Å².